The van der Waals surface area contributed by atoms with Crippen molar-refractivity contribution in [1.82, 2.24) is 5.32 Å². The molecule has 120 valence electrons. The summed E-state index contributed by atoms with van der Waals surface area (Å²) in [5.41, 5.74) is 0.122. The highest BCUT2D eigenvalue weighted by Gasteiger charge is 2.14. The second-order valence-electron chi connectivity index (χ2n) is 4.52. The lowest BCUT2D eigenvalue weighted by Gasteiger charge is -2.13. The topological polar surface area (TPSA) is 87.3 Å². The maximum atomic E-state index is 13.5. The minimum atomic E-state index is -3.58. The highest BCUT2D eigenvalue weighted by atomic mass is 35.5. The van der Waals surface area contributed by atoms with Gasteiger partial charge in [0.25, 0.3) is 0 Å². The van der Waals surface area contributed by atoms with Crippen molar-refractivity contribution in [3.05, 3.63) is 24.0 Å². The SMILES string of the molecule is CNCC(C)C(=O)Nc1ccc(F)c(NS(C)(=O)=O)c1.Cl. The van der Waals surface area contributed by atoms with Crippen LogP contribution in [0.1, 0.15) is 6.92 Å². The van der Waals surface area contributed by atoms with Crippen LogP contribution in [0.25, 0.3) is 0 Å². The molecule has 1 rings (SSSR count). The van der Waals surface area contributed by atoms with Gasteiger partial charge in [-0.1, -0.05) is 6.92 Å². The zero-order chi connectivity index (χ0) is 15.3. The van der Waals surface area contributed by atoms with Crippen molar-refractivity contribution in [3.63, 3.8) is 0 Å². The van der Waals surface area contributed by atoms with Crippen LogP contribution in [-0.4, -0.2) is 34.2 Å². The standard InChI is InChI=1S/C12H18FN3O3S.ClH/c1-8(7-14-2)12(17)15-9-4-5-10(13)11(6-9)16-20(3,18)19;/h4-6,8,14,16H,7H2,1-3H3,(H,15,17);1H. The molecule has 0 saturated heterocycles. The van der Waals surface area contributed by atoms with Crippen LogP contribution in [0.3, 0.4) is 0 Å². The Bertz CT molecular complexity index is 595. The Morgan fingerprint density at radius 3 is 2.52 bits per heavy atom. The summed E-state index contributed by atoms with van der Waals surface area (Å²) in [5, 5.41) is 5.47. The first kappa shape index (κ1) is 19.6. The lowest BCUT2D eigenvalue weighted by atomic mass is 10.1. The van der Waals surface area contributed by atoms with Crippen molar-refractivity contribution in [2.45, 2.75) is 6.92 Å². The molecule has 0 aliphatic rings. The quantitative estimate of drug-likeness (QED) is 0.731. The maximum Gasteiger partial charge on any atom is 0.229 e. The fraction of sp³-hybridized carbons (Fsp3) is 0.417. The number of sulfonamides is 1. The van der Waals surface area contributed by atoms with Crippen molar-refractivity contribution < 1.29 is 17.6 Å². The van der Waals surface area contributed by atoms with Gasteiger partial charge in [-0.2, -0.15) is 0 Å². The third-order valence-electron chi connectivity index (χ3n) is 2.49. The van der Waals surface area contributed by atoms with Gasteiger partial charge in [-0.05, 0) is 25.2 Å². The first-order valence-corrected chi connectivity index (χ1v) is 7.85. The van der Waals surface area contributed by atoms with Crippen LogP contribution in [0.2, 0.25) is 0 Å². The molecule has 0 aliphatic heterocycles. The van der Waals surface area contributed by atoms with Crippen LogP contribution in [-0.2, 0) is 14.8 Å². The third-order valence-corrected chi connectivity index (χ3v) is 3.08. The number of benzene rings is 1. The number of anilines is 2. The van der Waals surface area contributed by atoms with E-state index < -0.39 is 15.8 Å². The van der Waals surface area contributed by atoms with Crippen LogP contribution < -0.4 is 15.4 Å². The van der Waals surface area contributed by atoms with Crippen molar-refractivity contribution in [1.29, 1.82) is 0 Å². The van der Waals surface area contributed by atoms with E-state index >= 15 is 0 Å². The monoisotopic (exact) mass is 339 g/mol. The van der Waals surface area contributed by atoms with Gasteiger partial charge in [-0.15, -0.1) is 12.4 Å². The zero-order valence-electron chi connectivity index (χ0n) is 11.9. The Hall–Kier alpha value is -1.38. The van der Waals surface area contributed by atoms with Gasteiger partial charge in [0, 0.05) is 18.2 Å². The summed E-state index contributed by atoms with van der Waals surface area (Å²) in [6.45, 7) is 2.24. The van der Waals surface area contributed by atoms with E-state index in [1.165, 1.54) is 12.1 Å². The molecule has 1 aromatic carbocycles. The smallest absolute Gasteiger partial charge is 0.229 e. The Kier molecular flexibility index (Phi) is 7.62. The molecule has 21 heavy (non-hydrogen) atoms. The molecule has 0 saturated carbocycles. The average molecular weight is 340 g/mol. The van der Waals surface area contributed by atoms with E-state index in [1.807, 2.05) is 0 Å². The van der Waals surface area contributed by atoms with Crippen LogP contribution >= 0.6 is 12.4 Å². The normalized spacial score (nSPS) is 12.2. The summed E-state index contributed by atoms with van der Waals surface area (Å²) >= 11 is 0. The predicted molar refractivity (Wildman–Crippen MR) is 83.8 cm³/mol. The maximum absolute atomic E-state index is 13.5. The minimum Gasteiger partial charge on any atom is -0.326 e. The van der Waals surface area contributed by atoms with Gasteiger partial charge in [0.05, 0.1) is 11.9 Å². The molecule has 0 radical (unpaired) electrons. The number of carbonyl (C=O) groups is 1. The second-order valence-corrected chi connectivity index (χ2v) is 6.27. The van der Waals surface area contributed by atoms with Gasteiger partial charge in [-0.25, -0.2) is 12.8 Å². The van der Waals surface area contributed by atoms with Gasteiger partial charge >= 0.3 is 0 Å². The lowest BCUT2D eigenvalue weighted by Crippen LogP contribution is -2.28. The number of hydrogen-bond donors (Lipinski definition) is 3. The zero-order valence-corrected chi connectivity index (χ0v) is 13.6. The molecule has 9 heteroatoms. The first-order valence-electron chi connectivity index (χ1n) is 5.95. The highest BCUT2D eigenvalue weighted by Crippen LogP contribution is 2.21. The predicted octanol–water partition coefficient (Wildman–Crippen LogP) is 1.41. The van der Waals surface area contributed by atoms with Crippen molar-refractivity contribution in [2.24, 2.45) is 5.92 Å². The van der Waals surface area contributed by atoms with Crippen LogP contribution in [0.5, 0.6) is 0 Å². The molecule has 0 fully saturated rings. The second kappa shape index (κ2) is 8.16. The number of rotatable bonds is 6. The highest BCUT2D eigenvalue weighted by molar-refractivity contribution is 7.92. The largest absolute Gasteiger partial charge is 0.326 e. The van der Waals surface area contributed by atoms with Gasteiger partial charge in [0.2, 0.25) is 15.9 Å². The van der Waals surface area contributed by atoms with E-state index in [9.17, 15) is 17.6 Å². The van der Waals surface area contributed by atoms with Crippen molar-refractivity contribution in [2.75, 3.05) is 29.9 Å². The van der Waals surface area contributed by atoms with Crippen molar-refractivity contribution >= 4 is 39.7 Å². The molecule has 1 atom stereocenters. The summed E-state index contributed by atoms with van der Waals surface area (Å²) < 4.78 is 37.7. The van der Waals surface area contributed by atoms with Gasteiger partial charge in [-0.3, -0.25) is 9.52 Å². The van der Waals surface area contributed by atoms with Crippen LogP contribution in [0.15, 0.2) is 18.2 Å². The fourth-order valence-corrected chi connectivity index (χ4v) is 2.10. The molecule has 0 aliphatic carbocycles. The molecule has 0 bridgehead atoms. The minimum absolute atomic E-state index is 0. The Balaban J connectivity index is 0.00000400. The van der Waals surface area contributed by atoms with E-state index in [2.05, 4.69) is 15.4 Å². The molecule has 1 unspecified atom stereocenters. The van der Waals surface area contributed by atoms with E-state index in [-0.39, 0.29) is 29.9 Å². The van der Waals surface area contributed by atoms with Crippen LogP contribution in [0.4, 0.5) is 15.8 Å². The molecule has 0 aromatic heterocycles. The Labute approximate surface area is 130 Å². The summed E-state index contributed by atoms with van der Waals surface area (Å²) in [7, 11) is -1.85. The van der Waals surface area contributed by atoms with Gasteiger partial charge in [0.15, 0.2) is 0 Å². The molecule has 0 spiro atoms. The summed E-state index contributed by atoms with van der Waals surface area (Å²) in [6, 6.07) is 3.69. The third kappa shape index (κ3) is 6.74. The molecule has 0 heterocycles. The number of halogens is 2. The van der Waals surface area contributed by atoms with E-state index in [4.69, 9.17) is 0 Å². The van der Waals surface area contributed by atoms with E-state index in [0.717, 1.165) is 12.3 Å². The Morgan fingerprint density at radius 1 is 1.38 bits per heavy atom. The van der Waals surface area contributed by atoms with Crippen molar-refractivity contribution in [3.8, 4) is 0 Å². The first-order chi connectivity index (χ1) is 9.23. The lowest BCUT2D eigenvalue weighted by molar-refractivity contribution is -0.119. The van der Waals surface area contributed by atoms with Gasteiger partial charge < -0.3 is 10.6 Å². The number of amides is 1. The molecule has 3 N–H and O–H groups in total. The number of hydrogen-bond acceptors (Lipinski definition) is 4. The molecular weight excluding hydrogens is 321 g/mol. The Morgan fingerprint density at radius 2 is 2.00 bits per heavy atom. The van der Waals surface area contributed by atoms with Gasteiger partial charge in [0.1, 0.15) is 5.82 Å². The molecule has 1 amide bonds. The van der Waals surface area contributed by atoms with Crippen LogP contribution in [0, 0.1) is 11.7 Å². The van der Waals surface area contributed by atoms with E-state index in [0.29, 0.717) is 12.2 Å². The van der Waals surface area contributed by atoms with E-state index in [1.54, 1.807) is 14.0 Å². The average Bonchev–Trinajstić information content (AvgIpc) is 2.32. The summed E-state index contributed by atoms with van der Waals surface area (Å²) in [6.07, 6.45) is 0.923. The molecule has 1 aromatic rings. The summed E-state index contributed by atoms with van der Waals surface area (Å²) in [4.78, 5) is 11.8. The number of nitrogens with one attached hydrogen (secondary N) is 3. The summed E-state index contributed by atoms with van der Waals surface area (Å²) in [5.74, 6) is -1.22. The molecular formula is C12H19ClFN3O3S. The fourth-order valence-electron chi connectivity index (χ4n) is 1.55. The number of carbonyl (C=O) groups excluding carboxylic acids is 1. The molecule has 6 nitrogen and oxygen atoms in total.